The standard InChI is InChI=1S/C49H62N2O15/c52-39(43(56)45-41(54)30-62-47(65-45)32-11-3-1-4-12-32)27-51(28-40(53)44(57)46-42(55)31-63-48(66-46)33-13-5-2-6-14-33)20-22-60-24-26-61-25-23-59-21-19-50-49(58)64-29-38-36-17-9-7-15-34(36)35-16-8-10-18-37(35)38/h1-18,38-48,52-57H,19-31H2,(H,50,58)/t39-,40-,41+,42+,43+,44+,45+,46+,47?,48?/m0/s1. The van der Waals surface area contributed by atoms with E-state index in [1.54, 1.807) is 53.4 Å². The zero-order valence-electron chi connectivity index (χ0n) is 36.7. The Morgan fingerprint density at radius 3 is 1.55 bits per heavy atom. The smallest absolute Gasteiger partial charge is 0.407 e. The van der Waals surface area contributed by atoms with Crippen molar-refractivity contribution >= 4 is 6.09 Å². The summed E-state index contributed by atoms with van der Waals surface area (Å²) in [6.07, 6.45) is -13.2. The van der Waals surface area contributed by atoms with Gasteiger partial charge >= 0.3 is 6.09 Å². The fraction of sp³-hybridized carbons (Fsp3) is 0.490. The molecular weight excluding hydrogens is 857 g/mol. The molecule has 7 N–H and O–H groups in total. The van der Waals surface area contributed by atoms with Gasteiger partial charge in [0.05, 0.1) is 65.1 Å². The molecule has 0 saturated carbocycles. The van der Waals surface area contributed by atoms with Gasteiger partial charge in [-0.15, -0.1) is 0 Å². The van der Waals surface area contributed by atoms with Crippen LogP contribution in [0.15, 0.2) is 109 Å². The van der Waals surface area contributed by atoms with Crippen molar-refractivity contribution in [1.82, 2.24) is 10.2 Å². The number of nitrogens with zero attached hydrogens (tertiary/aromatic N) is 1. The quantitative estimate of drug-likeness (QED) is 0.0501. The van der Waals surface area contributed by atoms with Crippen molar-refractivity contribution in [2.75, 3.05) is 85.6 Å². The lowest BCUT2D eigenvalue weighted by Gasteiger charge is -2.40. The summed E-state index contributed by atoms with van der Waals surface area (Å²) in [5, 5.41) is 69.2. The predicted octanol–water partition coefficient (Wildman–Crippen LogP) is 2.27. The summed E-state index contributed by atoms with van der Waals surface area (Å²) >= 11 is 0. The normalized spacial score (nSPS) is 23.7. The molecule has 1 aliphatic carbocycles. The summed E-state index contributed by atoms with van der Waals surface area (Å²) in [5.74, 6) is -0.0240. The third kappa shape index (κ3) is 13.4. The molecule has 0 aromatic heterocycles. The zero-order valence-corrected chi connectivity index (χ0v) is 36.7. The Morgan fingerprint density at radius 2 is 1.05 bits per heavy atom. The molecule has 0 spiro atoms. The van der Waals surface area contributed by atoms with Crippen LogP contribution in [0.3, 0.4) is 0 Å². The molecule has 17 nitrogen and oxygen atoms in total. The third-order valence-corrected chi connectivity index (χ3v) is 11.8. The summed E-state index contributed by atoms with van der Waals surface area (Å²) in [6.45, 7) is 1.33. The van der Waals surface area contributed by atoms with Crippen LogP contribution >= 0.6 is 0 Å². The maximum Gasteiger partial charge on any atom is 0.407 e. The van der Waals surface area contributed by atoms with Gasteiger partial charge in [-0.1, -0.05) is 109 Å². The Balaban J connectivity index is 0.819. The highest BCUT2D eigenvalue weighted by Gasteiger charge is 2.42. The Hall–Kier alpha value is -4.41. The van der Waals surface area contributed by atoms with Gasteiger partial charge in [0.25, 0.3) is 0 Å². The summed E-state index contributed by atoms with van der Waals surface area (Å²) in [6, 6.07) is 34.3. The number of ether oxygens (including phenoxy) is 8. The zero-order chi connectivity index (χ0) is 46.3. The number of benzene rings is 4. The Morgan fingerprint density at radius 1 is 0.606 bits per heavy atom. The maximum atomic E-state index is 12.4. The van der Waals surface area contributed by atoms with Crippen molar-refractivity contribution in [3.63, 3.8) is 0 Å². The number of hydrogen-bond donors (Lipinski definition) is 7. The van der Waals surface area contributed by atoms with E-state index >= 15 is 0 Å². The van der Waals surface area contributed by atoms with Gasteiger partial charge in [-0.3, -0.25) is 4.90 Å². The fourth-order valence-corrected chi connectivity index (χ4v) is 8.34. The summed E-state index contributed by atoms with van der Waals surface area (Å²) in [4.78, 5) is 14.0. The van der Waals surface area contributed by atoms with E-state index in [0.717, 1.165) is 22.3 Å². The van der Waals surface area contributed by atoms with E-state index in [2.05, 4.69) is 29.6 Å². The van der Waals surface area contributed by atoms with Crippen LogP contribution in [-0.4, -0.2) is 176 Å². The molecule has 2 unspecified atom stereocenters. The molecule has 17 heteroatoms. The molecule has 358 valence electrons. The number of hydrogen-bond acceptors (Lipinski definition) is 16. The molecular formula is C49H62N2O15. The molecule has 4 aromatic carbocycles. The van der Waals surface area contributed by atoms with Crippen LogP contribution < -0.4 is 5.32 Å². The first-order valence-corrected chi connectivity index (χ1v) is 22.4. The first-order valence-electron chi connectivity index (χ1n) is 22.4. The first-order chi connectivity index (χ1) is 32.2. The van der Waals surface area contributed by atoms with E-state index in [9.17, 15) is 35.4 Å². The van der Waals surface area contributed by atoms with Gasteiger partial charge in [-0.2, -0.15) is 0 Å². The van der Waals surface area contributed by atoms with Gasteiger partial charge in [0.15, 0.2) is 12.6 Å². The van der Waals surface area contributed by atoms with Crippen LogP contribution in [0.1, 0.15) is 40.8 Å². The van der Waals surface area contributed by atoms with Crippen molar-refractivity contribution in [2.24, 2.45) is 0 Å². The molecule has 2 saturated heterocycles. The topological polar surface area (TPSA) is 228 Å². The molecule has 4 aromatic rings. The van der Waals surface area contributed by atoms with Gasteiger partial charge in [0.1, 0.15) is 43.2 Å². The lowest BCUT2D eigenvalue weighted by atomic mass is 9.98. The molecule has 0 bridgehead atoms. The van der Waals surface area contributed by atoms with Crippen LogP contribution in [0.5, 0.6) is 0 Å². The Kier molecular flexibility index (Phi) is 18.8. The van der Waals surface area contributed by atoms with Crippen LogP contribution in [0.25, 0.3) is 11.1 Å². The number of nitrogens with one attached hydrogen (secondary N) is 1. The number of carbonyl (C=O) groups is 1. The van der Waals surface area contributed by atoms with Crippen molar-refractivity contribution < 1.29 is 73.3 Å². The molecule has 3 aliphatic rings. The first kappa shape index (κ1) is 49.5. The lowest BCUT2D eigenvalue weighted by molar-refractivity contribution is -0.285. The summed E-state index contributed by atoms with van der Waals surface area (Å²) in [7, 11) is 0. The van der Waals surface area contributed by atoms with Crippen LogP contribution in [0.4, 0.5) is 4.79 Å². The largest absolute Gasteiger partial charge is 0.449 e. The van der Waals surface area contributed by atoms with Crippen molar-refractivity contribution in [3.05, 3.63) is 131 Å². The van der Waals surface area contributed by atoms with Gasteiger partial charge in [0.2, 0.25) is 0 Å². The molecule has 0 radical (unpaired) electrons. The van der Waals surface area contributed by atoms with Crippen LogP contribution in [-0.2, 0) is 37.9 Å². The predicted molar refractivity (Wildman–Crippen MR) is 238 cm³/mol. The molecule has 2 heterocycles. The molecule has 2 fully saturated rings. The van der Waals surface area contributed by atoms with E-state index in [4.69, 9.17) is 37.9 Å². The second kappa shape index (κ2) is 25.1. The Bertz CT molecular complexity index is 1930. The second-order valence-corrected chi connectivity index (χ2v) is 16.5. The molecule has 7 rings (SSSR count). The van der Waals surface area contributed by atoms with Gasteiger partial charge in [-0.25, -0.2) is 4.79 Å². The number of alkyl carbamates (subject to hydrolysis) is 1. The number of rotatable bonds is 24. The minimum absolute atomic E-state index is 0.0240. The Labute approximate surface area is 384 Å². The third-order valence-electron chi connectivity index (χ3n) is 11.8. The van der Waals surface area contributed by atoms with Gasteiger partial charge in [-0.05, 0) is 22.3 Å². The highest BCUT2D eigenvalue weighted by Crippen LogP contribution is 2.44. The highest BCUT2D eigenvalue weighted by molar-refractivity contribution is 5.79. The minimum atomic E-state index is -1.56. The van der Waals surface area contributed by atoms with Crippen molar-refractivity contribution in [1.29, 1.82) is 0 Å². The fourth-order valence-electron chi connectivity index (χ4n) is 8.34. The van der Waals surface area contributed by atoms with Crippen LogP contribution in [0.2, 0.25) is 0 Å². The number of aliphatic hydroxyl groups excluding tert-OH is 6. The second-order valence-electron chi connectivity index (χ2n) is 16.5. The number of carbonyl (C=O) groups excluding carboxylic acids is 1. The summed E-state index contributed by atoms with van der Waals surface area (Å²) in [5.41, 5.74) is 5.96. The van der Waals surface area contributed by atoms with E-state index < -0.39 is 67.5 Å². The van der Waals surface area contributed by atoms with E-state index in [0.29, 0.717) is 11.1 Å². The monoisotopic (exact) mass is 918 g/mol. The number of amides is 1. The van der Waals surface area contributed by atoms with Crippen molar-refractivity contribution in [2.45, 2.75) is 67.3 Å². The molecule has 2 aliphatic heterocycles. The van der Waals surface area contributed by atoms with Crippen LogP contribution in [0, 0.1) is 0 Å². The average molecular weight is 919 g/mol. The molecule has 10 atom stereocenters. The molecule has 66 heavy (non-hydrogen) atoms. The summed E-state index contributed by atoms with van der Waals surface area (Å²) < 4.78 is 45.7. The highest BCUT2D eigenvalue weighted by atomic mass is 16.7. The van der Waals surface area contributed by atoms with Crippen molar-refractivity contribution in [3.8, 4) is 11.1 Å². The molecule has 1 amide bonds. The van der Waals surface area contributed by atoms with Gasteiger partial charge < -0.3 is 73.9 Å². The SMILES string of the molecule is O=C(NCCOCCOCCOCCN(C[C@H](O)[C@@H](O)[C@@H]1OC(c2ccccc2)OC[C@H]1O)C[C@H](O)[C@@H](O)[C@@H]1OC(c2ccccc2)OC[C@H]1O)OCC1c2ccccc2-c2ccccc21. The number of fused-ring (bicyclic) bond motifs is 3. The number of aliphatic hydroxyl groups is 6. The minimum Gasteiger partial charge on any atom is -0.449 e. The average Bonchev–Trinajstić information content (AvgIpc) is 3.67. The van der Waals surface area contributed by atoms with Gasteiger partial charge in [0, 0.05) is 43.2 Å². The van der Waals surface area contributed by atoms with E-state index in [-0.39, 0.29) is 91.6 Å². The maximum absolute atomic E-state index is 12.4. The van der Waals surface area contributed by atoms with E-state index in [1.165, 1.54) is 0 Å². The van der Waals surface area contributed by atoms with E-state index in [1.807, 2.05) is 36.4 Å². The lowest BCUT2D eigenvalue weighted by Crippen LogP contribution is -2.56.